The maximum Gasteiger partial charge on any atom is 0.310 e. The average Bonchev–Trinajstić information content (AvgIpc) is 2.74. The predicted octanol–water partition coefficient (Wildman–Crippen LogP) is 1.60. The van der Waals surface area contributed by atoms with Gasteiger partial charge in [-0.1, -0.05) is 20.8 Å². The lowest BCUT2D eigenvalue weighted by Crippen LogP contribution is -2.48. The summed E-state index contributed by atoms with van der Waals surface area (Å²) in [6, 6.07) is 0.519. The van der Waals surface area contributed by atoms with Crippen LogP contribution in [0.25, 0.3) is 0 Å². The minimum atomic E-state index is -0.730. The molecule has 1 aliphatic rings. The molecule has 1 heterocycles. The van der Waals surface area contributed by atoms with Crippen molar-refractivity contribution in [3.63, 3.8) is 0 Å². The second-order valence-corrected chi connectivity index (χ2v) is 4.35. The van der Waals surface area contributed by atoms with Crippen LogP contribution in [-0.4, -0.2) is 47.8 Å². The molecule has 0 radical (unpaired) electrons. The summed E-state index contributed by atoms with van der Waals surface area (Å²) < 4.78 is 5.33. The summed E-state index contributed by atoms with van der Waals surface area (Å²) in [5.74, 6) is -1.09. The van der Waals surface area contributed by atoms with Crippen molar-refractivity contribution in [3.8, 4) is 0 Å². The molecule has 0 aromatic heterocycles. The van der Waals surface area contributed by atoms with Crippen molar-refractivity contribution in [2.45, 2.75) is 45.7 Å². The Balaban J connectivity index is 2.74. The summed E-state index contributed by atoms with van der Waals surface area (Å²) in [5, 5.41) is 9.15. The Morgan fingerprint density at radius 2 is 2.00 bits per heavy atom. The van der Waals surface area contributed by atoms with Crippen molar-refractivity contribution in [1.29, 1.82) is 0 Å². The van der Waals surface area contributed by atoms with Crippen molar-refractivity contribution in [2.24, 2.45) is 5.92 Å². The number of carboxylic acid groups (broad SMARTS) is 1. The van der Waals surface area contributed by atoms with Gasteiger partial charge in [-0.2, -0.15) is 0 Å². The summed E-state index contributed by atoms with van der Waals surface area (Å²) in [4.78, 5) is 13.4. The Morgan fingerprint density at radius 3 is 2.44 bits per heavy atom. The quantitative estimate of drug-likeness (QED) is 0.751. The van der Waals surface area contributed by atoms with E-state index in [4.69, 9.17) is 9.84 Å². The van der Waals surface area contributed by atoms with Crippen LogP contribution >= 0.6 is 0 Å². The van der Waals surface area contributed by atoms with E-state index in [0.717, 1.165) is 19.4 Å². The standard InChI is InChI=1S/C12H23NO3/c1-4-9(5-2)13(6-3)11-8-16-7-10(11)12(14)15/h9-11H,4-8H2,1-3H3,(H,14,15). The van der Waals surface area contributed by atoms with Gasteiger partial charge in [0, 0.05) is 12.1 Å². The lowest BCUT2D eigenvalue weighted by atomic mass is 9.99. The van der Waals surface area contributed by atoms with Crippen LogP contribution in [0, 0.1) is 5.92 Å². The maximum absolute atomic E-state index is 11.1. The van der Waals surface area contributed by atoms with Crippen LogP contribution < -0.4 is 0 Å². The predicted molar refractivity (Wildman–Crippen MR) is 62.5 cm³/mol. The molecule has 0 spiro atoms. The van der Waals surface area contributed by atoms with E-state index in [2.05, 4.69) is 25.7 Å². The van der Waals surface area contributed by atoms with Crippen molar-refractivity contribution in [3.05, 3.63) is 0 Å². The van der Waals surface area contributed by atoms with E-state index in [0.29, 0.717) is 19.3 Å². The molecule has 0 aliphatic carbocycles. The van der Waals surface area contributed by atoms with Gasteiger partial charge in [-0.25, -0.2) is 0 Å². The second kappa shape index (κ2) is 6.21. The summed E-state index contributed by atoms with van der Waals surface area (Å²) in [7, 11) is 0. The molecule has 2 unspecified atom stereocenters. The fourth-order valence-corrected chi connectivity index (χ4v) is 2.63. The first-order valence-electron chi connectivity index (χ1n) is 6.21. The molecule has 4 heteroatoms. The van der Waals surface area contributed by atoms with Crippen LogP contribution in [0.3, 0.4) is 0 Å². The molecule has 0 aromatic carbocycles. The molecule has 0 amide bonds. The van der Waals surface area contributed by atoms with Crippen LogP contribution in [-0.2, 0) is 9.53 Å². The molecule has 0 aromatic rings. The molecule has 1 aliphatic heterocycles. The van der Waals surface area contributed by atoms with Crippen LogP contribution in [0.1, 0.15) is 33.6 Å². The molecule has 1 rings (SSSR count). The normalized spacial score (nSPS) is 25.6. The lowest BCUT2D eigenvalue weighted by molar-refractivity contribution is -0.143. The van der Waals surface area contributed by atoms with Gasteiger partial charge in [0.2, 0.25) is 0 Å². The summed E-state index contributed by atoms with van der Waals surface area (Å²) >= 11 is 0. The maximum atomic E-state index is 11.1. The Bertz CT molecular complexity index is 228. The van der Waals surface area contributed by atoms with Gasteiger partial charge >= 0.3 is 5.97 Å². The number of rotatable bonds is 6. The molecule has 0 bridgehead atoms. The van der Waals surface area contributed by atoms with Gasteiger partial charge in [0.15, 0.2) is 0 Å². The van der Waals surface area contributed by atoms with E-state index in [1.54, 1.807) is 0 Å². The van der Waals surface area contributed by atoms with E-state index < -0.39 is 5.97 Å². The molecule has 1 N–H and O–H groups in total. The number of hydrogen-bond acceptors (Lipinski definition) is 3. The molecular formula is C12H23NO3. The van der Waals surface area contributed by atoms with E-state index in [-0.39, 0.29) is 12.0 Å². The van der Waals surface area contributed by atoms with Gasteiger partial charge in [-0.05, 0) is 19.4 Å². The molecular weight excluding hydrogens is 206 g/mol. The van der Waals surface area contributed by atoms with E-state index in [1.807, 2.05) is 0 Å². The Kier molecular flexibility index (Phi) is 5.22. The average molecular weight is 229 g/mol. The Labute approximate surface area is 97.6 Å². The molecule has 2 atom stereocenters. The highest BCUT2D eigenvalue weighted by Crippen LogP contribution is 2.24. The minimum Gasteiger partial charge on any atom is -0.481 e. The number of ether oxygens (including phenoxy) is 1. The van der Waals surface area contributed by atoms with Gasteiger partial charge in [0.1, 0.15) is 0 Å². The highest BCUT2D eigenvalue weighted by atomic mass is 16.5. The number of carbonyl (C=O) groups is 1. The van der Waals surface area contributed by atoms with Gasteiger partial charge in [0.05, 0.1) is 19.1 Å². The Morgan fingerprint density at radius 1 is 1.38 bits per heavy atom. The van der Waals surface area contributed by atoms with Gasteiger partial charge in [-0.15, -0.1) is 0 Å². The summed E-state index contributed by atoms with van der Waals surface area (Å²) in [6.07, 6.45) is 2.13. The molecule has 1 saturated heterocycles. The summed E-state index contributed by atoms with van der Waals surface area (Å²) in [5.41, 5.74) is 0. The van der Waals surface area contributed by atoms with Crippen LogP contribution in [0.15, 0.2) is 0 Å². The van der Waals surface area contributed by atoms with Crippen LogP contribution in [0.2, 0.25) is 0 Å². The molecule has 1 fully saturated rings. The first kappa shape index (κ1) is 13.5. The van der Waals surface area contributed by atoms with Crippen molar-refractivity contribution >= 4 is 5.97 Å². The zero-order valence-corrected chi connectivity index (χ0v) is 10.5. The van der Waals surface area contributed by atoms with E-state index in [1.165, 1.54) is 0 Å². The van der Waals surface area contributed by atoms with Gasteiger partial charge in [-0.3, -0.25) is 9.69 Å². The lowest BCUT2D eigenvalue weighted by Gasteiger charge is -2.35. The van der Waals surface area contributed by atoms with Crippen LogP contribution in [0.5, 0.6) is 0 Å². The fraction of sp³-hybridized carbons (Fsp3) is 0.917. The number of aliphatic carboxylic acids is 1. The number of hydrogen-bond donors (Lipinski definition) is 1. The summed E-state index contributed by atoms with van der Waals surface area (Å²) in [6.45, 7) is 8.21. The smallest absolute Gasteiger partial charge is 0.310 e. The highest BCUT2D eigenvalue weighted by molar-refractivity contribution is 5.71. The Hall–Kier alpha value is -0.610. The SMILES string of the molecule is CCC(CC)N(CC)C1COCC1C(=O)O. The van der Waals surface area contributed by atoms with Crippen LogP contribution in [0.4, 0.5) is 0 Å². The molecule has 4 nitrogen and oxygen atoms in total. The topological polar surface area (TPSA) is 49.8 Å². The number of likely N-dealkylation sites (N-methyl/N-ethyl adjacent to an activating group) is 1. The highest BCUT2D eigenvalue weighted by Gasteiger charge is 2.39. The zero-order chi connectivity index (χ0) is 12.1. The minimum absolute atomic E-state index is 0.0485. The van der Waals surface area contributed by atoms with E-state index >= 15 is 0 Å². The molecule has 0 saturated carbocycles. The van der Waals surface area contributed by atoms with Crippen molar-refractivity contribution in [2.75, 3.05) is 19.8 Å². The third kappa shape index (κ3) is 2.74. The second-order valence-electron chi connectivity index (χ2n) is 4.35. The first-order chi connectivity index (χ1) is 7.65. The van der Waals surface area contributed by atoms with Crippen molar-refractivity contribution < 1.29 is 14.6 Å². The monoisotopic (exact) mass is 229 g/mol. The van der Waals surface area contributed by atoms with E-state index in [9.17, 15) is 4.79 Å². The third-order valence-electron chi connectivity index (χ3n) is 3.57. The molecule has 16 heavy (non-hydrogen) atoms. The third-order valence-corrected chi connectivity index (χ3v) is 3.57. The number of nitrogens with zero attached hydrogens (tertiary/aromatic N) is 1. The van der Waals surface area contributed by atoms with Crippen molar-refractivity contribution in [1.82, 2.24) is 4.90 Å². The molecule has 94 valence electrons. The fourth-order valence-electron chi connectivity index (χ4n) is 2.63. The van der Waals surface area contributed by atoms with Gasteiger partial charge in [0.25, 0.3) is 0 Å². The largest absolute Gasteiger partial charge is 0.481 e. The first-order valence-corrected chi connectivity index (χ1v) is 6.21. The zero-order valence-electron chi connectivity index (χ0n) is 10.5. The number of carboxylic acids is 1. The van der Waals surface area contributed by atoms with Gasteiger partial charge < -0.3 is 9.84 Å².